The van der Waals surface area contributed by atoms with Gasteiger partial charge < -0.3 is 15.5 Å². The predicted octanol–water partition coefficient (Wildman–Crippen LogP) is 1.11. The molecule has 23 heavy (non-hydrogen) atoms. The molecule has 2 N–H and O–H groups in total. The number of aryl methyl sites for hydroxylation is 1. The van der Waals surface area contributed by atoms with Gasteiger partial charge >= 0.3 is 6.03 Å². The van der Waals surface area contributed by atoms with Crippen molar-refractivity contribution >= 4 is 11.9 Å². The molecule has 7 nitrogen and oxygen atoms in total. The van der Waals surface area contributed by atoms with E-state index in [9.17, 15) is 9.59 Å². The van der Waals surface area contributed by atoms with Gasteiger partial charge in [-0.1, -0.05) is 13.8 Å². The molecule has 0 aromatic carbocycles. The van der Waals surface area contributed by atoms with E-state index in [1.807, 2.05) is 13.1 Å². The number of rotatable bonds is 5. The second-order valence-corrected chi connectivity index (χ2v) is 6.53. The number of nitrogens with one attached hydrogen (secondary N) is 2. The summed E-state index contributed by atoms with van der Waals surface area (Å²) in [4.78, 5) is 26.2. The highest BCUT2D eigenvalue weighted by atomic mass is 16.2. The average molecular weight is 321 g/mol. The molecule has 0 aliphatic carbocycles. The topological polar surface area (TPSA) is 79.3 Å². The van der Waals surface area contributed by atoms with Crippen LogP contribution in [0.3, 0.4) is 0 Å². The highest BCUT2D eigenvalue weighted by molar-refractivity contribution is 5.80. The zero-order valence-corrected chi connectivity index (χ0v) is 14.2. The molecule has 0 unspecified atom stereocenters. The largest absolute Gasteiger partial charge is 0.350 e. The number of hydrogen-bond acceptors (Lipinski definition) is 3. The fourth-order valence-corrected chi connectivity index (χ4v) is 2.68. The molecular weight excluding hydrogens is 294 g/mol. The number of carbonyl (C=O) groups excluding carboxylic acids is 2. The van der Waals surface area contributed by atoms with Crippen LogP contribution in [-0.4, -0.2) is 46.3 Å². The molecule has 1 aromatic rings. The van der Waals surface area contributed by atoms with Crippen molar-refractivity contribution in [1.82, 2.24) is 25.3 Å². The monoisotopic (exact) mass is 321 g/mol. The van der Waals surface area contributed by atoms with Crippen LogP contribution >= 0.6 is 0 Å². The molecule has 1 aliphatic heterocycles. The molecule has 3 amide bonds. The number of urea groups is 1. The Morgan fingerprint density at radius 1 is 1.39 bits per heavy atom. The molecule has 0 spiro atoms. The fourth-order valence-electron chi connectivity index (χ4n) is 2.68. The first-order valence-electron chi connectivity index (χ1n) is 8.24. The average Bonchev–Trinajstić information content (AvgIpc) is 2.95. The van der Waals surface area contributed by atoms with Crippen LogP contribution in [0.15, 0.2) is 12.3 Å². The van der Waals surface area contributed by atoms with Gasteiger partial charge in [0.15, 0.2) is 0 Å². The lowest BCUT2D eigenvalue weighted by Crippen LogP contribution is -2.49. The van der Waals surface area contributed by atoms with Gasteiger partial charge in [-0.15, -0.1) is 0 Å². The normalized spacial score (nSPS) is 18.1. The Bertz CT molecular complexity index is 540. The van der Waals surface area contributed by atoms with Crippen molar-refractivity contribution in [2.45, 2.75) is 33.2 Å². The van der Waals surface area contributed by atoms with Crippen LogP contribution in [0.1, 0.15) is 32.4 Å². The van der Waals surface area contributed by atoms with Crippen LogP contribution in [0.25, 0.3) is 0 Å². The Hall–Kier alpha value is -2.05. The number of piperidine rings is 1. The summed E-state index contributed by atoms with van der Waals surface area (Å²) in [6.07, 6.45) is 3.40. The molecule has 1 saturated heterocycles. The van der Waals surface area contributed by atoms with Crippen LogP contribution in [0.4, 0.5) is 4.79 Å². The van der Waals surface area contributed by atoms with Gasteiger partial charge in [-0.3, -0.25) is 9.48 Å². The molecular formula is C16H27N5O2. The summed E-state index contributed by atoms with van der Waals surface area (Å²) >= 11 is 0. The van der Waals surface area contributed by atoms with Crippen molar-refractivity contribution in [3.63, 3.8) is 0 Å². The Kier molecular flexibility index (Phi) is 6.01. The van der Waals surface area contributed by atoms with Gasteiger partial charge in [0.05, 0.1) is 18.2 Å². The maximum Gasteiger partial charge on any atom is 0.317 e. The fraction of sp³-hybridized carbons (Fsp3) is 0.688. The number of hydrogen-bond donors (Lipinski definition) is 2. The molecule has 0 bridgehead atoms. The van der Waals surface area contributed by atoms with Crippen LogP contribution in [0.2, 0.25) is 0 Å². The second kappa shape index (κ2) is 7.99. The predicted molar refractivity (Wildman–Crippen MR) is 87.6 cm³/mol. The van der Waals surface area contributed by atoms with Crippen LogP contribution in [0.5, 0.6) is 0 Å². The summed E-state index contributed by atoms with van der Waals surface area (Å²) in [5.41, 5.74) is 0.959. The van der Waals surface area contributed by atoms with Crippen molar-refractivity contribution < 1.29 is 9.59 Å². The zero-order chi connectivity index (χ0) is 16.8. The minimum Gasteiger partial charge on any atom is -0.350 e. The van der Waals surface area contributed by atoms with Crippen molar-refractivity contribution in [2.75, 3.05) is 19.6 Å². The van der Waals surface area contributed by atoms with E-state index >= 15 is 0 Å². The third-order valence-corrected chi connectivity index (χ3v) is 4.11. The van der Waals surface area contributed by atoms with Gasteiger partial charge in [0.25, 0.3) is 0 Å². The van der Waals surface area contributed by atoms with Crippen molar-refractivity contribution in [2.24, 2.45) is 18.9 Å². The third-order valence-electron chi connectivity index (χ3n) is 4.11. The van der Waals surface area contributed by atoms with Crippen LogP contribution in [-0.2, 0) is 18.4 Å². The van der Waals surface area contributed by atoms with E-state index in [1.54, 1.807) is 15.8 Å². The van der Waals surface area contributed by atoms with E-state index < -0.39 is 0 Å². The van der Waals surface area contributed by atoms with Crippen LogP contribution < -0.4 is 10.6 Å². The Labute approximate surface area is 137 Å². The van der Waals surface area contributed by atoms with Crippen molar-refractivity contribution in [3.8, 4) is 0 Å². The highest BCUT2D eigenvalue weighted by Gasteiger charge is 2.28. The third kappa shape index (κ3) is 4.97. The van der Waals surface area contributed by atoms with E-state index in [2.05, 4.69) is 29.6 Å². The smallest absolute Gasteiger partial charge is 0.317 e. The quantitative estimate of drug-likeness (QED) is 0.853. The second-order valence-electron chi connectivity index (χ2n) is 6.53. The summed E-state index contributed by atoms with van der Waals surface area (Å²) in [6.45, 7) is 6.45. The SMILES string of the molecule is CC(C)CNC(=O)N1CCC[C@@H](C(=O)NCc2ccnn2C)C1. The van der Waals surface area contributed by atoms with E-state index in [1.165, 1.54) is 0 Å². The maximum absolute atomic E-state index is 12.3. The minimum atomic E-state index is -0.137. The number of carbonyl (C=O) groups is 2. The molecule has 1 atom stereocenters. The molecule has 1 aromatic heterocycles. The summed E-state index contributed by atoms with van der Waals surface area (Å²) in [5.74, 6) is 0.288. The Morgan fingerprint density at radius 3 is 2.83 bits per heavy atom. The summed E-state index contributed by atoms with van der Waals surface area (Å²) in [5, 5.41) is 9.95. The lowest BCUT2D eigenvalue weighted by Gasteiger charge is -2.32. The summed E-state index contributed by atoms with van der Waals surface area (Å²) < 4.78 is 1.74. The molecule has 2 heterocycles. The first-order chi connectivity index (χ1) is 11.0. The van der Waals surface area contributed by atoms with Crippen molar-refractivity contribution in [3.05, 3.63) is 18.0 Å². The van der Waals surface area contributed by atoms with Crippen LogP contribution in [0, 0.1) is 11.8 Å². The van der Waals surface area contributed by atoms with E-state index in [4.69, 9.17) is 0 Å². The molecule has 1 fully saturated rings. The van der Waals surface area contributed by atoms with Gasteiger partial charge in [0, 0.05) is 32.9 Å². The van der Waals surface area contributed by atoms with Gasteiger partial charge in [0.1, 0.15) is 0 Å². The Balaban J connectivity index is 1.81. The Morgan fingerprint density at radius 2 is 2.17 bits per heavy atom. The highest BCUT2D eigenvalue weighted by Crippen LogP contribution is 2.17. The standard InChI is InChI=1S/C16H27N5O2/c1-12(2)9-18-16(23)21-8-4-5-13(11-21)15(22)17-10-14-6-7-19-20(14)3/h6-7,12-13H,4-5,8-11H2,1-3H3,(H,17,22)(H,18,23)/t13-/m1/s1. The maximum atomic E-state index is 12.3. The van der Waals surface area contributed by atoms with Gasteiger partial charge in [-0.25, -0.2) is 4.79 Å². The lowest BCUT2D eigenvalue weighted by atomic mass is 9.97. The van der Waals surface area contributed by atoms with E-state index in [0.29, 0.717) is 25.6 Å². The minimum absolute atomic E-state index is 0.00700. The zero-order valence-electron chi connectivity index (χ0n) is 14.2. The molecule has 1 aliphatic rings. The van der Waals surface area contributed by atoms with Gasteiger partial charge in [-0.2, -0.15) is 5.10 Å². The molecule has 2 rings (SSSR count). The molecule has 0 saturated carbocycles. The number of likely N-dealkylation sites (tertiary alicyclic amines) is 1. The summed E-state index contributed by atoms with van der Waals surface area (Å²) in [6, 6.07) is 1.81. The number of aromatic nitrogens is 2. The van der Waals surface area contributed by atoms with E-state index in [0.717, 1.165) is 25.1 Å². The number of amides is 3. The molecule has 128 valence electrons. The first kappa shape index (κ1) is 17.3. The number of nitrogens with zero attached hydrogens (tertiary/aromatic N) is 3. The van der Waals surface area contributed by atoms with E-state index in [-0.39, 0.29) is 17.9 Å². The van der Waals surface area contributed by atoms with Gasteiger partial charge in [0.2, 0.25) is 5.91 Å². The van der Waals surface area contributed by atoms with Crippen molar-refractivity contribution in [1.29, 1.82) is 0 Å². The summed E-state index contributed by atoms with van der Waals surface area (Å²) in [7, 11) is 1.85. The van der Waals surface area contributed by atoms with Gasteiger partial charge in [-0.05, 0) is 24.8 Å². The lowest BCUT2D eigenvalue weighted by molar-refractivity contribution is -0.126. The first-order valence-corrected chi connectivity index (χ1v) is 8.24. The molecule has 7 heteroatoms. The molecule has 0 radical (unpaired) electrons.